The molecule has 38 heavy (non-hydrogen) atoms. The van der Waals surface area contributed by atoms with Gasteiger partial charge in [-0.25, -0.2) is 4.68 Å². The molecule has 3 aliphatic rings. The summed E-state index contributed by atoms with van der Waals surface area (Å²) in [4.78, 5) is 44.1. The maximum atomic E-state index is 14.4. The maximum absolute atomic E-state index is 14.4. The van der Waals surface area contributed by atoms with Gasteiger partial charge in [0, 0.05) is 24.4 Å². The molecule has 3 saturated heterocycles. The Morgan fingerprint density at radius 1 is 1.24 bits per heavy atom. The summed E-state index contributed by atoms with van der Waals surface area (Å²) >= 11 is 1.54. The van der Waals surface area contributed by atoms with Crippen LogP contribution in [0.1, 0.15) is 45.4 Å². The highest BCUT2D eigenvalue weighted by molar-refractivity contribution is 8.02. The first kappa shape index (κ1) is 26.7. The molecule has 2 aromatic rings. The van der Waals surface area contributed by atoms with E-state index in [0.717, 1.165) is 23.9 Å². The van der Waals surface area contributed by atoms with Gasteiger partial charge in [-0.2, -0.15) is 0 Å². The molecule has 2 bridgehead atoms. The molecule has 2 unspecified atom stereocenters. The number of thioether (sulfide) groups is 1. The molecular weight excluding hydrogens is 506 g/mol. The summed E-state index contributed by atoms with van der Waals surface area (Å²) < 4.78 is 0.312. The van der Waals surface area contributed by atoms with E-state index in [2.05, 4.69) is 16.9 Å². The van der Waals surface area contributed by atoms with Crippen LogP contribution in [-0.2, 0) is 21.1 Å². The van der Waals surface area contributed by atoms with Gasteiger partial charge >= 0.3 is 5.97 Å². The molecule has 2 N–H and O–H groups in total. The summed E-state index contributed by atoms with van der Waals surface area (Å²) in [7, 11) is 0. The van der Waals surface area contributed by atoms with Gasteiger partial charge in [-0.05, 0) is 44.7 Å². The molecule has 5 atom stereocenters. The van der Waals surface area contributed by atoms with Crippen LogP contribution in [0.5, 0.6) is 0 Å². The van der Waals surface area contributed by atoms with Gasteiger partial charge in [-0.15, -0.1) is 23.4 Å². The van der Waals surface area contributed by atoms with Gasteiger partial charge in [0.15, 0.2) is 0 Å². The number of hydrogen-bond acceptors (Lipinski definition) is 7. The van der Waals surface area contributed by atoms with Gasteiger partial charge in [-0.3, -0.25) is 14.4 Å². The van der Waals surface area contributed by atoms with E-state index in [1.54, 1.807) is 32.3 Å². The van der Waals surface area contributed by atoms with Crippen molar-refractivity contribution in [3.05, 3.63) is 36.9 Å². The molecule has 0 aliphatic carbocycles. The van der Waals surface area contributed by atoms with Crippen molar-refractivity contribution in [2.24, 2.45) is 11.8 Å². The van der Waals surface area contributed by atoms with Crippen molar-refractivity contribution in [2.75, 3.05) is 19.7 Å². The van der Waals surface area contributed by atoms with Crippen molar-refractivity contribution < 1.29 is 24.6 Å². The molecule has 5 rings (SSSR count). The van der Waals surface area contributed by atoms with E-state index in [4.69, 9.17) is 5.11 Å². The smallest absolute Gasteiger partial charge is 0.308 e. The van der Waals surface area contributed by atoms with Gasteiger partial charge in [-0.1, -0.05) is 36.3 Å². The van der Waals surface area contributed by atoms with Crippen LogP contribution in [0.4, 0.5) is 0 Å². The number of likely N-dealkylation sites (tertiary alicyclic amines) is 1. The summed E-state index contributed by atoms with van der Waals surface area (Å²) in [6.07, 6.45) is 5.96. The molecule has 10 nitrogen and oxygen atoms in total. The lowest BCUT2D eigenvalue weighted by Crippen LogP contribution is -2.55. The Hall–Kier alpha value is -2.92. The number of unbranched alkanes of at least 4 members (excludes halogenated alkanes) is 3. The number of carbonyl (C=O) groups excluding carboxylic acids is 2. The van der Waals surface area contributed by atoms with Crippen LogP contribution in [0.25, 0.3) is 11.0 Å². The Labute approximate surface area is 226 Å². The average Bonchev–Trinajstić information content (AvgIpc) is 3.59. The molecule has 3 fully saturated rings. The molecule has 1 aromatic carbocycles. The molecule has 4 heterocycles. The normalized spacial score (nSPS) is 29.7. The molecule has 1 aromatic heterocycles. The first-order valence-electron chi connectivity index (χ1n) is 13.3. The number of aliphatic hydroxyl groups excluding tert-OH is 1. The monoisotopic (exact) mass is 541 g/mol. The highest BCUT2D eigenvalue weighted by atomic mass is 32.2. The number of carbonyl (C=O) groups is 3. The van der Waals surface area contributed by atoms with Crippen LogP contribution < -0.4 is 0 Å². The first-order chi connectivity index (χ1) is 18.3. The van der Waals surface area contributed by atoms with E-state index < -0.39 is 33.3 Å². The molecule has 11 heteroatoms. The average molecular weight is 542 g/mol. The van der Waals surface area contributed by atoms with Crippen LogP contribution in [0.3, 0.4) is 0 Å². The number of para-hydroxylation sites is 1. The molecule has 204 valence electrons. The predicted octanol–water partition coefficient (Wildman–Crippen LogP) is 2.52. The van der Waals surface area contributed by atoms with E-state index >= 15 is 0 Å². The minimum absolute atomic E-state index is 0.123. The lowest BCUT2D eigenvalue weighted by molar-refractivity contribution is -0.150. The highest BCUT2D eigenvalue weighted by Gasteiger charge is 2.77. The minimum atomic E-state index is -0.965. The van der Waals surface area contributed by atoms with Gasteiger partial charge in [0.2, 0.25) is 11.8 Å². The van der Waals surface area contributed by atoms with Crippen molar-refractivity contribution in [2.45, 2.75) is 67.7 Å². The van der Waals surface area contributed by atoms with Crippen LogP contribution in [0.2, 0.25) is 0 Å². The lowest BCUT2D eigenvalue weighted by atomic mass is 9.66. The van der Waals surface area contributed by atoms with Crippen molar-refractivity contribution >= 4 is 40.6 Å². The Morgan fingerprint density at radius 3 is 2.74 bits per heavy atom. The number of benzene rings is 1. The molecular formula is C27H35N5O5S. The molecule has 0 radical (unpaired) electrons. The minimum Gasteiger partial charge on any atom is -0.481 e. The van der Waals surface area contributed by atoms with Crippen LogP contribution in [-0.4, -0.2) is 88.0 Å². The van der Waals surface area contributed by atoms with E-state index in [1.807, 2.05) is 31.2 Å². The number of carboxylic acid groups (broad SMARTS) is 1. The second kappa shape index (κ2) is 10.3. The topological polar surface area (TPSA) is 129 Å². The van der Waals surface area contributed by atoms with E-state index in [0.29, 0.717) is 32.2 Å². The Kier molecular flexibility index (Phi) is 7.25. The Balaban J connectivity index is 1.49. The maximum Gasteiger partial charge on any atom is 0.308 e. The standard InChI is InChI=1S/C27H35N5O5S/c1-3-14-30(17-32-19-11-7-6-10-18(19)28-29-32)24(35)22-27-13-12-26(2,38-27)21(25(36)37)20(27)23(34)31(22)15-8-4-5-9-16-33/h3,6-7,10-11,20-22,33H,1,4-5,8-9,12-17H2,2H3,(H,36,37)/t20-,21-,22?,26+,27?/m0/s1. The molecule has 1 spiro atoms. The van der Waals surface area contributed by atoms with E-state index in [9.17, 15) is 19.5 Å². The number of aromatic nitrogens is 3. The quantitative estimate of drug-likeness (QED) is 0.310. The van der Waals surface area contributed by atoms with Gasteiger partial charge in [0.1, 0.15) is 18.2 Å². The van der Waals surface area contributed by atoms with Crippen molar-refractivity contribution in [1.82, 2.24) is 24.8 Å². The fourth-order valence-corrected chi connectivity index (χ4v) is 9.14. The van der Waals surface area contributed by atoms with Crippen molar-refractivity contribution in [1.29, 1.82) is 0 Å². The third-order valence-electron chi connectivity index (χ3n) is 8.47. The fourth-order valence-electron chi connectivity index (χ4n) is 6.80. The van der Waals surface area contributed by atoms with Crippen molar-refractivity contribution in [3.63, 3.8) is 0 Å². The third-order valence-corrected chi connectivity index (χ3v) is 10.5. The number of aliphatic carboxylic acids is 1. The second-order valence-corrected chi connectivity index (χ2v) is 12.7. The summed E-state index contributed by atoms with van der Waals surface area (Å²) in [5.74, 6) is -2.95. The fraction of sp³-hybridized carbons (Fsp3) is 0.593. The first-order valence-corrected chi connectivity index (χ1v) is 14.1. The zero-order valence-corrected chi connectivity index (χ0v) is 22.5. The highest BCUT2D eigenvalue weighted by Crippen LogP contribution is 2.71. The number of aliphatic hydroxyl groups is 1. The zero-order valence-electron chi connectivity index (χ0n) is 21.7. The number of fused-ring (bicyclic) bond motifs is 2. The summed E-state index contributed by atoms with van der Waals surface area (Å²) in [5, 5.41) is 27.7. The molecule has 2 amide bonds. The number of amides is 2. The van der Waals surface area contributed by atoms with Crippen molar-refractivity contribution in [3.8, 4) is 0 Å². The molecule has 0 saturated carbocycles. The summed E-state index contributed by atoms with van der Waals surface area (Å²) in [6.45, 7) is 6.69. The van der Waals surface area contributed by atoms with Crippen LogP contribution >= 0.6 is 11.8 Å². The predicted molar refractivity (Wildman–Crippen MR) is 143 cm³/mol. The Morgan fingerprint density at radius 2 is 2.00 bits per heavy atom. The number of nitrogens with zero attached hydrogens (tertiary/aromatic N) is 5. The second-order valence-electron chi connectivity index (χ2n) is 10.8. The number of carboxylic acids is 1. The van der Waals surface area contributed by atoms with Gasteiger partial charge in [0.25, 0.3) is 0 Å². The third kappa shape index (κ3) is 4.20. The lowest BCUT2D eigenvalue weighted by Gasteiger charge is -2.37. The SMILES string of the molecule is C=CCN(Cn1nnc2ccccc21)C(=O)C1N(CCCCCCO)C(=O)[C@@H]2[C@@H](C(=O)O)[C@@]3(C)CCC12S3. The Bertz CT molecular complexity index is 1250. The largest absolute Gasteiger partial charge is 0.481 e. The zero-order chi connectivity index (χ0) is 27.1. The van der Waals surface area contributed by atoms with Crippen LogP contribution in [0.15, 0.2) is 36.9 Å². The number of hydrogen-bond donors (Lipinski definition) is 2. The van der Waals surface area contributed by atoms with E-state index in [-0.39, 0.29) is 31.6 Å². The van der Waals surface area contributed by atoms with Gasteiger partial charge in [0.05, 0.1) is 22.1 Å². The number of rotatable bonds is 12. The van der Waals surface area contributed by atoms with Gasteiger partial charge < -0.3 is 20.0 Å². The van der Waals surface area contributed by atoms with Crippen LogP contribution in [0, 0.1) is 11.8 Å². The summed E-state index contributed by atoms with van der Waals surface area (Å²) in [6, 6.07) is 6.76. The molecule has 3 aliphatic heterocycles. The van der Waals surface area contributed by atoms with E-state index in [1.165, 1.54) is 0 Å². The summed E-state index contributed by atoms with van der Waals surface area (Å²) in [5.41, 5.74) is 1.52.